The van der Waals surface area contributed by atoms with Gasteiger partial charge < -0.3 is 4.74 Å². The predicted octanol–water partition coefficient (Wildman–Crippen LogP) is 2.34. The summed E-state index contributed by atoms with van der Waals surface area (Å²) >= 11 is 4.87. The maximum Gasteiger partial charge on any atom is 0.328 e. The van der Waals surface area contributed by atoms with Crippen LogP contribution in [0.15, 0.2) is 15.9 Å². The molecule has 5 heteroatoms. The summed E-state index contributed by atoms with van der Waals surface area (Å²) in [6, 6.07) is 1.40. The van der Waals surface area contributed by atoms with Crippen molar-refractivity contribution in [2.75, 3.05) is 13.2 Å². The predicted molar refractivity (Wildman–Crippen MR) is 68.2 cm³/mol. The van der Waals surface area contributed by atoms with Gasteiger partial charge in [-0.2, -0.15) is 0 Å². The SMILES string of the molecule is C#CCNC(C(=O)OCC)c1sccc1Br. The molecule has 86 valence electrons. The Morgan fingerprint density at radius 3 is 3.06 bits per heavy atom. The number of hydrogen-bond donors (Lipinski definition) is 1. The molecule has 1 N–H and O–H groups in total. The van der Waals surface area contributed by atoms with Crippen molar-refractivity contribution in [3.8, 4) is 12.3 Å². The first-order valence-corrected chi connectivity index (χ1v) is 6.44. The van der Waals surface area contributed by atoms with Gasteiger partial charge in [-0.05, 0) is 34.3 Å². The molecule has 0 aromatic carbocycles. The van der Waals surface area contributed by atoms with Gasteiger partial charge in [-0.3, -0.25) is 5.32 Å². The van der Waals surface area contributed by atoms with Crippen LogP contribution >= 0.6 is 27.3 Å². The van der Waals surface area contributed by atoms with E-state index in [1.807, 2.05) is 11.4 Å². The monoisotopic (exact) mass is 301 g/mol. The summed E-state index contributed by atoms with van der Waals surface area (Å²) < 4.78 is 5.88. The lowest BCUT2D eigenvalue weighted by Crippen LogP contribution is -2.30. The molecule has 0 radical (unpaired) electrons. The maximum absolute atomic E-state index is 11.7. The van der Waals surface area contributed by atoms with Crippen LogP contribution < -0.4 is 5.32 Å². The van der Waals surface area contributed by atoms with Crippen LogP contribution in [0.4, 0.5) is 0 Å². The Labute approximate surface area is 107 Å². The van der Waals surface area contributed by atoms with Gasteiger partial charge in [0, 0.05) is 9.35 Å². The minimum Gasteiger partial charge on any atom is -0.465 e. The van der Waals surface area contributed by atoms with Crippen LogP contribution in [0.5, 0.6) is 0 Å². The number of ether oxygens (including phenoxy) is 1. The van der Waals surface area contributed by atoms with Gasteiger partial charge in [-0.15, -0.1) is 17.8 Å². The van der Waals surface area contributed by atoms with Crippen LogP contribution in [0.3, 0.4) is 0 Å². The van der Waals surface area contributed by atoms with E-state index in [0.29, 0.717) is 13.2 Å². The van der Waals surface area contributed by atoms with E-state index in [-0.39, 0.29) is 5.97 Å². The van der Waals surface area contributed by atoms with E-state index >= 15 is 0 Å². The highest BCUT2D eigenvalue weighted by molar-refractivity contribution is 9.10. The summed E-state index contributed by atoms with van der Waals surface area (Å²) in [5.74, 6) is 2.14. The van der Waals surface area contributed by atoms with E-state index in [0.717, 1.165) is 9.35 Å². The third-order valence-electron chi connectivity index (χ3n) is 1.84. The first kappa shape index (κ1) is 13.2. The molecular formula is C11H12BrNO2S. The van der Waals surface area contributed by atoms with Crippen LogP contribution in [0.2, 0.25) is 0 Å². The fourth-order valence-corrected chi connectivity index (χ4v) is 2.84. The van der Waals surface area contributed by atoms with Gasteiger partial charge in [0.1, 0.15) is 6.04 Å². The highest BCUT2D eigenvalue weighted by atomic mass is 79.9. The fourth-order valence-electron chi connectivity index (χ4n) is 1.18. The summed E-state index contributed by atoms with van der Waals surface area (Å²) in [5, 5.41) is 4.87. The fraction of sp³-hybridized carbons (Fsp3) is 0.364. The number of carbonyl (C=O) groups is 1. The molecule has 1 atom stereocenters. The Hall–Kier alpha value is -0.830. The second-order valence-electron chi connectivity index (χ2n) is 2.90. The topological polar surface area (TPSA) is 38.3 Å². The number of esters is 1. The maximum atomic E-state index is 11.7. The molecule has 3 nitrogen and oxygen atoms in total. The van der Waals surface area contributed by atoms with E-state index in [4.69, 9.17) is 11.2 Å². The van der Waals surface area contributed by atoms with Gasteiger partial charge in [0.25, 0.3) is 0 Å². The summed E-state index contributed by atoms with van der Waals surface area (Å²) in [6.45, 7) is 2.46. The molecule has 1 unspecified atom stereocenters. The Morgan fingerprint density at radius 1 is 1.81 bits per heavy atom. The number of thiophene rings is 1. The van der Waals surface area contributed by atoms with Gasteiger partial charge in [-0.1, -0.05) is 5.92 Å². The molecule has 0 saturated carbocycles. The van der Waals surface area contributed by atoms with Gasteiger partial charge in [-0.25, -0.2) is 4.79 Å². The highest BCUT2D eigenvalue weighted by Gasteiger charge is 2.24. The Balaban J connectivity index is 2.83. The second kappa shape index (κ2) is 6.69. The third kappa shape index (κ3) is 3.34. The van der Waals surface area contributed by atoms with Gasteiger partial charge in [0.2, 0.25) is 0 Å². The molecule has 0 spiro atoms. The number of carbonyl (C=O) groups excluding carboxylic acids is 1. The minimum absolute atomic E-state index is 0.305. The van der Waals surface area contributed by atoms with E-state index < -0.39 is 6.04 Å². The summed E-state index contributed by atoms with van der Waals surface area (Å²) in [4.78, 5) is 12.6. The molecule has 0 aliphatic rings. The summed E-state index contributed by atoms with van der Waals surface area (Å²) in [6.07, 6.45) is 5.17. The van der Waals surface area contributed by atoms with E-state index in [1.54, 1.807) is 6.92 Å². The highest BCUT2D eigenvalue weighted by Crippen LogP contribution is 2.29. The Bertz CT molecular complexity index is 397. The first-order chi connectivity index (χ1) is 7.70. The molecule has 1 aromatic rings. The van der Waals surface area contributed by atoms with Crippen LogP contribution in [-0.2, 0) is 9.53 Å². The molecule has 0 aliphatic carbocycles. The van der Waals surface area contributed by atoms with E-state index in [1.165, 1.54) is 11.3 Å². The van der Waals surface area contributed by atoms with E-state index in [9.17, 15) is 4.79 Å². The van der Waals surface area contributed by atoms with Crippen molar-refractivity contribution >= 4 is 33.2 Å². The van der Waals surface area contributed by atoms with Crippen molar-refractivity contribution in [1.29, 1.82) is 0 Å². The number of halogens is 1. The van der Waals surface area contributed by atoms with Gasteiger partial charge >= 0.3 is 5.97 Å². The lowest BCUT2D eigenvalue weighted by molar-refractivity contribution is -0.145. The summed E-state index contributed by atoms with van der Waals surface area (Å²) in [5.41, 5.74) is 0. The number of nitrogens with one attached hydrogen (secondary N) is 1. The van der Waals surface area contributed by atoms with Gasteiger partial charge in [0.15, 0.2) is 0 Å². The van der Waals surface area contributed by atoms with Crippen molar-refractivity contribution in [1.82, 2.24) is 5.32 Å². The van der Waals surface area contributed by atoms with Crippen LogP contribution in [0, 0.1) is 12.3 Å². The smallest absolute Gasteiger partial charge is 0.328 e. The number of rotatable bonds is 5. The van der Waals surface area contributed by atoms with E-state index in [2.05, 4.69) is 27.2 Å². The second-order valence-corrected chi connectivity index (χ2v) is 4.70. The van der Waals surface area contributed by atoms with Crippen molar-refractivity contribution in [3.05, 3.63) is 20.8 Å². The van der Waals surface area contributed by atoms with Crippen LogP contribution in [0.25, 0.3) is 0 Å². The molecule has 0 amide bonds. The number of hydrogen-bond acceptors (Lipinski definition) is 4. The molecule has 0 bridgehead atoms. The van der Waals surface area contributed by atoms with Crippen LogP contribution in [0.1, 0.15) is 17.8 Å². The lowest BCUT2D eigenvalue weighted by Gasteiger charge is -2.14. The standard InChI is InChI=1S/C11H12BrNO2S/c1-3-6-13-9(11(14)15-4-2)10-8(12)5-7-16-10/h1,5,7,9,13H,4,6H2,2H3. The zero-order valence-corrected chi connectivity index (χ0v) is 11.2. The number of terminal acetylenes is 1. The molecule has 16 heavy (non-hydrogen) atoms. The molecule has 1 rings (SSSR count). The molecule has 0 fully saturated rings. The van der Waals surface area contributed by atoms with Crippen LogP contribution in [-0.4, -0.2) is 19.1 Å². The quantitative estimate of drug-likeness (QED) is 0.670. The lowest BCUT2D eigenvalue weighted by atomic mass is 10.2. The zero-order chi connectivity index (χ0) is 12.0. The Morgan fingerprint density at radius 2 is 2.56 bits per heavy atom. The largest absolute Gasteiger partial charge is 0.465 e. The molecule has 0 saturated heterocycles. The summed E-state index contributed by atoms with van der Waals surface area (Å²) in [7, 11) is 0. The molecule has 1 aromatic heterocycles. The van der Waals surface area contributed by atoms with Crippen molar-refractivity contribution in [2.24, 2.45) is 0 Å². The first-order valence-electron chi connectivity index (χ1n) is 4.77. The molecule has 1 heterocycles. The minimum atomic E-state index is -0.495. The van der Waals surface area contributed by atoms with Crippen molar-refractivity contribution < 1.29 is 9.53 Å². The molecular weight excluding hydrogens is 290 g/mol. The third-order valence-corrected chi connectivity index (χ3v) is 3.77. The van der Waals surface area contributed by atoms with Gasteiger partial charge in [0.05, 0.1) is 13.2 Å². The van der Waals surface area contributed by atoms with Crippen molar-refractivity contribution in [3.63, 3.8) is 0 Å². The molecule has 0 aliphatic heterocycles. The normalized spacial score (nSPS) is 11.8. The van der Waals surface area contributed by atoms with Crippen molar-refractivity contribution in [2.45, 2.75) is 13.0 Å². The average Bonchev–Trinajstić information content (AvgIpc) is 2.66. The average molecular weight is 302 g/mol. The Kier molecular flexibility index (Phi) is 5.53. The zero-order valence-electron chi connectivity index (χ0n) is 8.83.